The van der Waals surface area contributed by atoms with Crippen molar-refractivity contribution in [2.24, 2.45) is 0 Å². The number of aryl methyl sites for hydroxylation is 1. The molecule has 19 heavy (non-hydrogen) atoms. The lowest BCUT2D eigenvalue weighted by molar-refractivity contribution is 0.140. The molecule has 0 amide bonds. The quantitative estimate of drug-likeness (QED) is 0.817. The first kappa shape index (κ1) is 16.4. The standard InChI is InChI=1S/C12H19ClN2O3S/c1-9-5-4-6-11(13)12(9)19(17,18)14-7-10(16)8-15(2)3/h4-6,10,14,16H,7-8H2,1-3H3. The normalized spacial score (nSPS) is 13.8. The number of rotatable bonds is 6. The highest BCUT2D eigenvalue weighted by Gasteiger charge is 2.21. The van der Waals surface area contributed by atoms with Gasteiger partial charge in [-0.15, -0.1) is 0 Å². The molecule has 0 aromatic heterocycles. The van der Waals surface area contributed by atoms with Crippen molar-refractivity contribution < 1.29 is 13.5 Å². The molecule has 7 heteroatoms. The van der Waals surface area contributed by atoms with Crippen LogP contribution in [0.4, 0.5) is 0 Å². The molecule has 0 fully saturated rings. The van der Waals surface area contributed by atoms with E-state index in [1.807, 2.05) is 0 Å². The minimum absolute atomic E-state index is 0.0504. The van der Waals surface area contributed by atoms with Gasteiger partial charge in [-0.05, 0) is 32.6 Å². The summed E-state index contributed by atoms with van der Waals surface area (Å²) in [6.45, 7) is 2.01. The molecule has 1 atom stereocenters. The molecule has 0 saturated carbocycles. The Hall–Kier alpha value is -0.660. The van der Waals surface area contributed by atoms with Gasteiger partial charge in [-0.3, -0.25) is 0 Å². The first-order chi connectivity index (χ1) is 8.74. The molecule has 1 unspecified atom stereocenters. The maximum Gasteiger partial charge on any atom is 0.242 e. The fourth-order valence-corrected chi connectivity index (χ4v) is 3.62. The topological polar surface area (TPSA) is 69.6 Å². The first-order valence-electron chi connectivity index (χ1n) is 5.81. The Kier molecular flexibility index (Phi) is 5.76. The average Bonchev–Trinajstić information content (AvgIpc) is 2.25. The van der Waals surface area contributed by atoms with Crippen LogP contribution in [0.2, 0.25) is 5.02 Å². The molecule has 0 aliphatic heterocycles. The fourth-order valence-electron chi connectivity index (χ4n) is 1.72. The molecule has 0 aliphatic rings. The highest BCUT2D eigenvalue weighted by molar-refractivity contribution is 7.89. The number of aliphatic hydroxyl groups is 1. The van der Waals surface area contributed by atoms with E-state index in [4.69, 9.17) is 11.6 Å². The minimum atomic E-state index is -3.71. The van der Waals surface area contributed by atoms with Crippen molar-refractivity contribution in [2.75, 3.05) is 27.2 Å². The number of nitrogens with zero attached hydrogens (tertiary/aromatic N) is 1. The smallest absolute Gasteiger partial charge is 0.242 e. The summed E-state index contributed by atoms with van der Waals surface area (Å²) in [7, 11) is -0.110. The molecular weight excluding hydrogens is 288 g/mol. The Morgan fingerprint density at radius 1 is 1.42 bits per heavy atom. The second-order valence-electron chi connectivity index (χ2n) is 4.65. The number of halogens is 1. The van der Waals surface area contributed by atoms with E-state index in [-0.39, 0.29) is 16.5 Å². The molecule has 1 rings (SSSR count). The summed E-state index contributed by atoms with van der Waals surface area (Å²) in [5.41, 5.74) is 0.571. The number of likely N-dealkylation sites (N-methyl/N-ethyl adjacent to an activating group) is 1. The van der Waals surface area contributed by atoms with Gasteiger partial charge >= 0.3 is 0 Å². The van der Waals surface area contributed by atoms with Gasteiger partial charge in [-0.25, -0.2) is 13.1 Å². The predicted molar refractivity (Wildman–Crippen MR) is 75.9 cm³/mol. The van der Waals surface area contributed by atoms with E-state index in [2.05, 4.69) is 4.72 Å². The van der Waals surface area contributed by atoms with Crippen molar-refractivity contribution >= 4 is 21.6 Å². The molecule has 0 radical (unpaired) electrons. The monoisotopic (exact) mass is 306 g/mol. The van der Waals surface area contributed by atoms with Gasteiger partial charge in [-0.1, -0.05) is 23.7 Å². The molecular formula is C12H19ClN2O3S. The number of sulfonamides is 1. The van der Waals surface area contributed by atoms with E-state index >= 15 is 0 Å². The van der Waals surface area contributed by atoms with E-state index in [1.165, 1.54) is 6.07 Å². The van der Waals surface area contributed by atoms with Crippen LogP contribution in [0.5, 0.6) is 0 Å². The third-order valence-corrected chi connectivity index (χ3v) is 4.57. The highest BCUT2D eigenvalue weighted by atomic mass is 35.5. The molecule has 2 N–H and O–H groups in total. The zero-order chi connectivity index (χ0) is 14.6. The summed E-state index contributed by atoms with van der Waals surface area (Å²) in [6.07, 6.45) is -0.771. The molecule has 0 bridgehead atoms. The van der Waals surface area contributed by atoms with Crippen LogP contribution in [0.25, 0.3) is 0 Å². The zero-order valence-electron chi connectivity index (χ0n) is 11.2. The molecule has 1 aromatic rings. The SMILES string of the molecule is Cc1cccc(Cl)c1S(=O)(=O)NCC(O)CN(C)C. The van der Waals surface area contributed by atoms with Crippen molar-refractivity contribution in [3.63, 3.8) is 0 Å². The third-order valence-electron chi connectivity index (χ3n) is 2.52. The van der Waals surface area contributed by atoms with Gasteiger partial charge in [0.05, 0.1) is 11.1 Å². The summed E-state index contributed by atoms with van der Waals surface area (Å²) in [4.78, 5) is 1.84. The van der Waals surface area contributed by atoms with E-state index < -0.39 is 16.1 Å². The van der Waals surface area contributed by atoms with Crippen molar-refractivity contribution in [1.29, 1.82) is 0 Å². The van der Waals surface area contributed by atoms with Crippen LogP contribution in [0, 0.1) is 6.92 Å². The molecule has 0 aliphatic carbocycles. The number of aliphatic hydroxyl groups excluding tert-OH is 1. The van der Waals surface area contributed by atoms with Crippen molar-refractivity contribution in [3.05, 3.63) is 28.8 Å². The molecule has 0 saturated heterocycles. The zero-order valence-corrected chi connectivity index (χ0v) is 12.8. The lowest BCUT2D eigenvalue weighted by Gasteiger charge is -2.17. The Morgan fingerprint density at radius 3 is 2.58 bits per heavy atom. The summed E-state index contributed by atoms with van der Waals surface area (Å²) >= 11 is 5.92. The summed E-state index contributed by atoms with van der Waals surface area (Å²) in [6, 6.07) is 4.90. The van der Waals surface area contributed by atoms with Gasteiger partial charge in [0.15, 0.2) is 0 Å². The van der Waals surface area contributed by atoms with Crippen molar-refractivity contribution in [3.8, 4) is 0 Å². The number of nitrogens with one attached hydrogen (secondary N) is 1. The van der Waals surface area contributed by atoms with Gasteiger partial charge in [0.1, 0.15) is 4.90 Å². The lowest BCUT2D eigenvalue weighted by atomic mass is 10.2. The van der Waals surface area contributed by atoms with Gasteiger partial charge in [0.25, 0.3) is 0 Å². The number of hydrogen-bond acceptors (Lipinski definition) is 4. The molecule has 0 spiro atoms. The largest absolute Gasteiger partial charge is 0.390 e. The number of benzene rings is 1. The maximum atomic E-state index is 12.1. The van der Waals surface area contributed by atoms with Gasteiger partial charge in [0.2, 0.25) is 10.0 Å². The van der Waals surface area contributed by atoms with Crippen LogP contribution in [-0.4, -0.2) is 51.7 Å². The molecule has 5 nitrogen and oxygen atoms in total. The predicted octanol–water partition coefficient (Wildman–Crippen LogP) is 0.849. The van der Waals surface area contributed by atoms with Gasteiger partial charge < -0.3 is 10.0 Å². The average molecular weight is 307 g/mol. The maximum absolute atomic E-state index is 12.1. The Balaban J connectivity index is 2.82. The van der Waals surface area contributed by atoms with Crippen LogP contribution < -0.4 is 4.72 Å². The van der Waals surface area contributed by atoms with Gasteiger partial charge in [-0.2, -0.15) is 0 Å². The van der Waals surface area contributed by atoms with E-state index in [0.29, 0.717) is 12.1 Å². The van der Waals surface area contributed by atoms with E-state index in [0.717, 1.165) is 0 Å². The van der Waals surface area contributed by atoms with Crippen LogP contribution in [-0.2, 0) is 10.0 Å². The fraction of sp³-hybridized carbons (Fsp3) is 0.500. The Bertz CT molecular complexity index is 512. The summed E-state index contributed by atoms with van der Waals surface area (Å²) in [5.74, 6) is 0. The second-order valence-corrected chi connectivity index (χ2v) is 6.76. The van der Waals surface area contributed by atoms with Crippen LogP contribution in [0.15, 0.2) is 23.1 Å². The van der Waals surface area contributed by atoms with Crippen LogP contribution in [0.3, 0.4) is 0 Å². The van der Waals surface area contributed by atoms with Crippen LogP contribution >= 0.6 is 11.6 Å². The van der Waals surface area contributed by atoms with Crippen molar-refractivity contribution in [2.45, 2.75) is 17.9 Å². The summed E-state index contributed by atoms with van der Waals surface area (Å²) < 4.78 is 26.7. The van der Waals surface area contributed by atoms with Crippen molar-refractivity contribution in [1.82, 2.24) is 9.62 Å². The minimum Gasteiger partial charge on any atom is -0.390 e. The number of hydrogen-bond donors (Lipinski definition) is 2. The van der Waals surface area contributed by atoms with Gasteiger partial charge in [0, 0.05) is 13.1 Å². The highest BCUT2D eigenvalue weighted by Crippen LogP contribution is 2.24. The van der Waals surface area contributed by atoms with Crippen LogP contribution in [0.1, 0.15) is 5.56 Å². The third kappa shape index (κ3) is 4.74. The Labute approximate surface area is 119 Å². The van der Waals surface area contributed by atoms with E-state index in [1.54, 1.807) is 38.1 Å². The molecule has 108 valence electrons. The molecule has 0 heterocycles. The lowest BCUT2D eigenvalue weighted by Crippen LogP contribution is -2.38. The van der Waals surface area contributed by atoms with E-state index in [9.17, 15) is 13.5 Å². The first-order valence-corrected chi connectivity index (χ1v) is 7.67. The summed E-state index contributed by atoms with van der Waals surface area (Å²) in [5, 5.41) is 9.84. The Morgan fingerprint density at radius 2 is 2.05 bits per heavy atom. The second kappa shape index (κ2) is 6.67. The molecule has 1 aromatic carbocycles.